The Morgan fingerprint density at radius 2 is 1.42 bits per heavy atom. The Morgan fingerprint density at radius 1 is 0.817 bits per heavy atom. The lowest BCUT2D eigenvalue weighted by Crippen LogP contribution is -2.51. The van der Waals surface area contributed by atoms with Gasteiger partial charge in [0.2, 0.25) is 0 Å². The third kappa shape index (κ3) is 11.9. The monoisotopic (exact) mass is 858 g/mol. The summed E-state index contributed by atoms with van der Waals surface area (Å²) in [6.45, 7) is 19.1. The maximum Gasteiger partial charge on any atom is 0.410 e. The molecule has 1 N–H and O–H groups in total. The minimum Gasteiger partial charge on any atom is -0.543 e. The van der Waals surface area contributed by atoms with Crippen LogP contribution in [-0.2, 0) is 26.2 Å². The van der Waals surface area contributed by atoms with Crippen molar-refractivity contribution in [3.63, 3.8) is 0 Å². The van der Waals surface area contributed by atoms with Crippen LogP contribution in [0, 0.1) is 5.92 Å². The summed E-state index contributed by atoms with van der Waals surface area (Å²) in [6, 6.07) is 27.2. The molecule has 1 fully saturated rings. The number of nitrogens with one attached hydrogen (secondary N) is 1. The molecule has 1 heterocycles. The van der Waals surface area contributed by atoms with E-state index in [1.54, 1.807) is 63.2 Å². The van der Waals surface area contributed by atoms with Gasteiger partial charge in [-0.3, -0.25) is 4.79 Å². The lowest BCUT2D eigenvalue weighted by atomic mass is 9.99. The largest absolute Gasteiger partial charge is 0.543 e. The molecule has 0 unspecified atom stereocenters. The van der Waals surface area contributed by atoms with Crippen molar-refractivity contribution < 1.29 is 45.6 Å². The third-order valence-corrected chi connectivity index (χ3v) is 16.8. The summed E-state index contributed by atoms with van der Waals surface area (Å²) in [4.78, 5) is 41.9. The molecule has 60 heavy (non-hydrogen) atoms. The van der Waals surface area contributed by atoms with Gasteiger partial charge in [-0.05, 0) is 124 Å². The van der Waals surface area contributed by atoms with Gasteiger partial charge in [-0.25, -0.2) is 9.59 Å². The summed E-state index contributed by atoms with van der Waals surface area (Å²) >= 11 is 0. The van der Waals surface area contributed by atoms with E-state index in [-0.39, 0.29) is 40.1 Å². The van der Waals surface area contributed by atoms with Crippen molar-refractivity contribution in [3.8, 4) is 17.2 Å². The van der Waals surface area contributed by atoms with E-state index in [1.807, 2.05) is 30.3 Å². The van der Waals surface area contributed by atoms with Crippen LogP contribution in [0.1, 0.15) is 87.6 Å². The molecule has 4 aromatic carbocycles. The van der Waals surface area contributed by atoms with Crippen molar-refractivity contribution in [2.45, 2.75) is 109 Å². The van der Waals surface area contributed by atoms with Gasteiger partial charge in [-0.2, -0.15) is 8.42 Å². The number of carbonyl (C=O) groups excluding carboxylic acids is 3. The molecule has 2 amide bonds. The maximum absolute atomic E-state index is 13.8. The number of likely N-dealkylation sites (tertiary alicyclic amines) is 1. The highest BCUT2D eigenvalue weighted by Gasteiger charge is 2.45. The quantitative estimate of drug-likeness (QED) is 0.0739. The SMILES string of the molecule is CC(C)C(C)(C)[Si](C)(C)Oc1ccc(C(=O)N[C@@H]2CN(C(=O)OC(C)(C)C)CCC[C@H]2OC(=O)c2ccc(S(=O)(=O)Oc3ccccc3OCc3ccccc3)cc2)cc1. The van der Waals surface area contributed by atoms with Crippen molar-refractivity contribution in [2.24, 2.45) is 5.92 Å². The molecule has 322 valence electrons. The molecule has 1 saturated heterocycles. The highest BCUT2D eigenvalue weighted by Crippen LogP contribution is 2.44. The van der Waals surface area contributed by atoms with E-state index < -0.39 is 54.2 Å². The number of rotatable bonds is 14. The summed E-state index contributed by atoms with van der Waals surface area (Å²) in [6.07, 6.45) is -0.579. The molecule has 2 atom stereocenters. The van der Waals surface area contributed by atoms with Crippen LogP contribution >= 0.6 is 0 Å². The molecular weight excluding hydrogens is 801 g/mol. The zero-order chi connectivity index (χ0) is 43.9. The normalized spacial score (nSPS) is 16.3. The molecule has 0 radical (unpaired) electrons. The summed E-state index contributed by atoms with van der Waals surface area (Å²) in [5, 5.41) is 3.00. The number of amides is 2. The van der Waals surface area contributed by atoms with Crippen LogP contribution in [0.3, 0.4) is 0 Å². The summed E-state index contributed by atoms with van der Waals surface area (Å²) in [5.41, 5.74) is 0.608. The molecule has 0 aliphatic carbocycles. The Balaban J connectivity index is 1.29. The second-order valence-electron chi connectivity index (χ2n) is 17.4. The van der Waals surface area contributed by atoms with Crippen LogP contribution < -0.4 is 18.7 Å². The lowest BCUT2D eigenvalue weighted by Gasteiger charge is -2.42. The summed E-state index contributed by atoms with van der Waals surface area (Å²) in [5.74, 6) is 0.211. The van der Waals surface area contributed by atoms with E-state index >= 15 is 0 Å². The number of esters is 1. The Bertz CT molecular complexity index is 2200. The van der Waals surface area contributed by atoms with Crippen LogP contribution in [0.25, 0.3) is 0 Å². The standard InChI is InChI=1S/C46H58N2O10SSi/c1-32(2)46(6,7)60(8,9)58-36-25-21-34(22-26-36)42(49)47-38-30-48(44(51)56-45(3,4)5)29-15-20-39(38)55-43(50)35-23-27-37(28-24-35)59(52,53)57-41-19-14-13-18-40(41)54-31-33-16-11-10-12-17-33/h10-14,16-19,21-28,32,38-39H,15,20,29-31H2,1-9H3,(H,47,49)/t38-,39-/m1/s1. The summed E-state index contributed by atoms with van der Waals surface area (Å²) < 4.78 is 56.3. The zero-order valence-corrected chi connectivity index (χ0v) is 37.8. The predicted octanol–water partition coefficient (Wildman–Crippen LogP) is 9.41. The molecular formula is C46H58N2O10SSi. The molecule has 4 aromatic rings. The minimum atomic E-state index is -4.33. The van der Waals surface area contributed by atoms with Crippen molar-refractivity contribution in [1.82, 2.24) is 10.2 Å². The van der Waals surface area contributed by atoms with Gasteiger partial charge in [0.25, 0.3) is 14.2 Å². The Hall–Kier alpha value is -5.34. The van der Waals surface area contributed by atoms with Crippen molar-refractivity contribution in [2.75, 3.05) is 13.1 Å². The van der Waals surface area contributed by atoms with E-state index in [4.69, 9.17) is 22.8 Å². The Kier molecular flexibility index (Phi) is 14.4. The van der Waals surface area contributed by atoms with E-state index in [1.165, 1.54) is 35.2 Å². The molecule has 5 rings (SSSR count). The third-order valence-electron chi connectivity index (χ3n) is 11.2. The van der Waals surface area contributed by atoms with Crippen LogP contribution in [0.4, 0.5) is 4.79 Å². The predicted molar refractivity (Wildman–Crippen MR) is 232 cm³/mol. The van der Waals surface area contributed by atoms with Gasteiger partial charge in [-0.15, -0.1) is 0 Å². The number of carbonyl (C=O) groups is 3. The molecule has 0 spiro atoms. The number of benzene rings is 4. The van der Waals surface area contributed by atoms with Crippen molar-refractivity contribution >= 4 is 36.4 Å². The van der Waals surface area contributed by atoms with Crippen molar-refractivity contribution in [1.29, 1.82) is 0 Å². The van der Waals surface area contributed by atoms with Gasteiger partial charge in [0.1, 0.15) is 29.0 Å². The number of hydrogen-bond donors (Lipinski definition) is 1. The fourth-order valence-electron chi connectivity index (χ4n) is 6.45. The Labute approximate surface area is 355 Å². The van der Waals surface area contributed by atoms with Gasteiger partial charge in [0, 0.05) is 18.7 Å². The molecule has 1 aliphatic rings. The van der Waals surface area contributed by atoms with Crippen LogP contribution in [0.2, 0.25) is 18.1 Å². The van der Waals surface area contributed by atoms with Crippen LogP contribution in [0.15, 0.2) is 108 Å². The van der Waals surface area contributed by atoms with Crippen molar-refractivity contribution in [3.05, 3.63) is 120 Å². The van der Waals surface area contributed by atoms with E-state index in [9.17, 15) is 22.8 Å². The van der Waals surface area contributed by atoms with Gasteiger partial charge in [0.05, 0.1) is 11.6 Å². The van der Waals surface area contributed by atoms with E-state index in [0.717, 1.165) is 5.56 Å². The number of nitrogens with zero attached hydrogens (tertiary/aromatic N) is 1. The topological polar surface area (TPSA) is 147 Å². The van der Waals surface area contributed by atoms with Crippen LogP contribution in [0.5, 0.6) is 17.2 Å². The molecule has 12 nitrogen and oxygen atoms in total. The van der Waals surface area contributed by atoms with Gasteiger partial charge < -0.3 is 33.0 Å². The lowest BCUT2D eigenvalue weighted by molar-refractivity contribution is 0.0127. The Morgan fingerprint density at radius 3 is 2.03 bits per heavy atom. The fraction of sp³-hybridized carbons (Fsp3) is 0.413. The van der Waals surface area contributed by atoms with Gasteiger partial charge in [0.15, 0.2) is 11.5 Å². The van der Waals surface area contributed by atoms with E-state index in [0.29, 0.717) is 36.6 Å². The summed E-state index contributed by atoms with van der Waals surface area (Å²) in [7, 11) is -6.52. The first-order chi connectivity index (χ1) is 28.1. The average Bonchev–Trinajstić information content (AvgIpc) is 3.39. The second-order valence-corrected chi connectivity index (χ2v) is 23.4. The van der Waals surface area contributed by atoms with E-state index in [2.05, 4.69) is 46.1 Å². The second kappa shape index (κ2) is 18.9. The zero-order valence-electron chi connectivity index (χ0n) is 36.0. The minimum absolute atomic E-state index is 0.00526. The first-order valence-corrected chi connectivity index (χ1v) is 24.6. The molecule has 14 heteroatoms. The molecule has 0 aromatic heterocycles. The number of para-hydroxylation sites is 2. The number of hydrogen-bond acceptors (Lipinski definition) is 10. The first kappa shape index (κ1) is 45.7. The maximum atomic E-state index is 13.8. The first-order valence-electron chi connectivity index (χ1n) is 20.2. The highest BCUT2D eigenvalue weighted by atomic mass is 32.2. The highest BCUT2D eigenvalue weighted by molar-refractivity contribution is 7.87. The molecule has 0 saturated carbocycles. The van der Waals surface area contributed by atoms with Gasteiger partial charge in [-0.1, -0.05) is 70.2 Å². The van der Waals surface area contributed by atoms with Gasteiger partial charge >= 0.3 is 22.2 Å². The van der Waals surface area contributed by atoms with Crippen LogP contribution in [-0.4, -0.2) is 70.4 Å². The number of ether oxygens (including phenoxy) is 3. The molecule has 1 aliphatic heterocycles. The fourth-order valence-corrected chi connectivity index (χ4v) is 9.77. The average molecular weight is 859 g/mol. The smallest absolute Gasteiger partial charge is 0.410 e. The molecule has 0 bridgehead atoms.